The zero-order chi connectivity index (χ0) is 27.4. The van der Waals surface area contributed by atoms with Crippen molar-refractivity contribution in [3.05, 3.63) is 52.9 Å². The van der Waals surface area contributed by atoms with E-state index in [0.29, 0.717) is 11.6 Å². The van der Waals surface area contributed by atoms with Gasteiger partial charge >= 0.3 is 0 Å². The number of pyridine rings is 1. The summed E-state index contributed by atoms with van der Waals surface area (Å²) in [7, 11) is -3.16. The SMILES string of the molecule is CC(=N)C(=C(C)N)c1ccc(NC(=O)[C@H]2NC(c3ccnn3CCS(C)(=O)=O)=C3CC3C2C2CC2)nc1F. The number of carbonyl (C=O) groups is 1. The summed E-state index contributed by atoms with van der Waals surface area (Å²) >= 11 is 0. The second kappa shape index (κ2) is 9.64. The van der Waals surface area contributed by atoms with Gasteiger partial charge in [-0.3, -0.25) is 9.48 Å². The van der Waals surface area contributed by atoms with Crippen LogP contribution in [-0.2, 0) is 21.2 Å². The lowest BCUT2D eigenvalue weighted by Crippen LogP contribution is -2.49. The largest absolute Gasteiger partial charge is 0.402 e. The molecule has 5 rings (SSSR count). The Balaban J connectivity index is 1.38. The molecule has 2 aromatic heterocycles. The maximum absolute atomic E-state index is 14.9. The number of rotatable bonds is 9. The van der Waals surface area contributed by atoms with Crippen LogP contribution >= 0.6 is 0 Å². The van der Waals surface area contributed by atoms with Gasteiger partial charge in [0.2, 0.25) is 11.9 Å². The highest BCUT2D eigenvalue weighted by atomic mass is 32.2. The van der Waals surface area contributed by atoms with E-state index in [9.17, 15) is 17.6 Å². The summed E-state index contributed by atoms with van der Waals surface area (Å²) in [5.41, 5.74) is 9.48. The molecule has 1 aliphatic heterocycles. The van der Waals surface area contributed by atoms with Gasteiger partial charge in [0, 0.05) is 35.0 Å². The van der Waals surface area contributed by atoms with Gasteiger partial charge in [0.05, 0.1) is 23.7 Å². The first-order chi connectivity index (χ1) is 17.9. The van der Waals surface area contributed by atoms with Crippen LogP contribution in [0.25, 0.3) is 11.3 Å². The van der Waals surface area contributed by atoms with Crippen LogP contribution in [0.15, 0.2) is 35.7 Å². The third kappa shape index (κ3) is 5.22. The van der Waals surface area contributed by atoms with Gasteiger partial charge in [-0.25, -0.2) is 13.4 Å². The Morgan fingerprint density at radius 2 is 2.03 bits per heavy atom. The summed E-state index contributed by atoms with van der Waals surface area (Å²) in [6, 6.07) is 4.25. The highest BCUT2D eigenvalue weighted by molar-refractivity contribution is 7.90. The minimum absolute atomic E-state index is 0.0341. The lowest BCUT2D eigenvalue weighted by atomic mass is 9.85. The molecule has 3 aliphatic rings. The topological polar surface area (TPSA) is 156 Å². The fourth-order valence-corrected chi connectivity index (χ4v) is 6.06. The van der Waals surface area contributed by atoms with Crippen molar-refractivity contribution in [1.82, 2.24) is 20.1 Å². The quantitative estimate of drug-likeness (QED) is 0.281. The van der Waals surface area contributed by atoms with Gasteiger partial charge in [0.25, 0.3) is 0 Å². The van der Waals surface area contributed by atoms with E-state index < -0.39 is 21.8 Å². The number of halogens is 1. The molecule has 0 bridgehead atoms. The van der Waals surface area contributed by atoms with E-state index in [-0.39, 0.29) is 52.7 Å². The highest BCUT2D eigenvalue weighted by Gasteiger charge is 2.55. The van der Waals surface area contributed by atoms with Crippen LogP contribution in [0.1, 0.15) is 44.4 Å². The molecule has 202 valence electrons. The molecule has 5 N–H and O–H groups in total. The Hall–Kier alpha value is -3.54. The van der Waals surface area contributed by atoms with Crippen molar-refractivity contribution in [2.75, 3.05) is 17.3 Å². The molecule has 38 heavy (non-hydrogen) atoms. The number of amides is 1. The number of fused-ring (bicyclic) bond motifs is 1. The monoisotopic (exact) mass is 541 g/mol. The molecular formula is C26H32FN7O3S. The number of allylic oxidation sites excluding steroid dienone is 3. The maximum Gasteiger partial charge on any atom is 0.248 e. The minimum Gasteiger partial charge on any atom is -0.402 e. The molecule has 2 aromatic rings. The number of sulfone groups is 1. The highest BCUT2D eigenvalue weighted by Crippen LogP contribution is 2.58. The van der Waals surface area contributed by atoms with E-state index in [1.54, 1.807) is 17.8 Å². The average Bonchev–Trinajstić information content (AvgIpc) is 3.75. The van der Waals surface area contributed by atoms with E-state index in [1.165, 1.54) is 30.9 Å². The summed E-state index contributed by atoms with van der Waals surface area (Å²) in [6.07, 6.45) is 5.84. The fourth-order valence-electron chi connectivity index (χ4n) is 5.55. The molecule has 12 heteroatoms. The van der Waals surface area contributed by atoms with Crippen molar-refractivity contribution in [1.29, 1.82) is 5.41 Å². The Kier molecular flexibility index (Phi) is 6.62. The molecule has 0 radical (unpaired) electrons. The van der Waals surface area contributed by atoms with Crippen LogP contribution in [0, 0.1) is 29.1 Å². The molecule has 2 saturated carbocycles. The number of nitrogens with two attached hydrogens (primary N) is 1. The van der Waals surface area contributed by atoms with Crippen molar-refractivity contribution < 1.29 is 17.6 Å². The molecule has 2 fully saturated rings. The predicted octanol–water partition coefficient (Wildman–Crippen LogP) is 2.56. The lowest BCUT2D eigenvalue weighted by Gasteiger charge is -2.32. The van der Waals surface area contributed by atoms with Gasteiger partial charge in [-0.1, -0.05) is 0 Å². The predicted molar refractivity (Wildman–Crippen MR) is 143 cm³/mol. The van der Waals surface area contributed by atoms with Crippen LogP contribution < -0.4 is 16.4 Å². The molecule has 0 aromatic carbocycles. The first kappa shape index (κ1) is 26.1. The van der Waals surface area contributed by atoms with Crippen molar-refractivity contribution in [3.63, 3.8) is 0 Å². The van der Waals surface area contributed by atoms with Crippen LogP contribution in [-0.4, -0.2) is 52.9 Å². The Labute approximate surface area is 221 Å². The summed E-state index contributed by atoms with van der Waals surface area (Å²) in [5, 5.41) is 18.4. The Morgan fingerprint density at radius 3 is 2.63 bits per heavy atom. The number of nitrogens with zero attached hydrogens (tertiary/aromatic N) is 3. The summed E-state index contributed by atoms with van der Waals surface area (Å²) in [5.74, 6) is -0.232. The molecule has 1 amide bonds. The zero-order valence-corrected chi connectivity index (χ0v) is 22.4. The van der Waals surface area contributed by atoms with Crippen LogP contribution in [0.3, 0.4) is 0 Å². The number of carbonyl (C=O) groups excluding carboxylic acids is 1. The normalized spacial score (nSPS) is 23.3. The minimum atomic E-state index is -3.16. The number of nitrogens with one attached hydrogen (secondary N) is 3. The van der Waals surface area contributed by atoms with Crippen molar-refractivity contribution in [2.45, 2.75) is 45.7 Å². The van der Waals surface area contributed by atoms with E-state index in [2.05, 4.69) is 20.7 Å². The fraction of sp³-hybridized carbons (Fsp3) is 0.462. The molecule has 2 unspecified atom stereocenters. The van der Waals surface area contributed by atoms with Crippen LogP contribution in [0.2, 0.25) is 0 Å². The number of hydrogen-bond donors (Lipinski definition) is 4. The van der Waals surface area contributed by atoms with Gasteiger partial charge in [0.1, 0.15) is 21.7 Å². The first-order valence-electron chi connectivity index (χ1n) is 12.6. The van der Waals surface area contributed by atoms with E-state index in [4.69, 9.17) is 11.1 Å². The van der Waals surface area contributed by atoms with Gasteiger partial charge in [0.15, 0.2) is 0 Å². The van der Waals surface area contributed by atoms with Crippen molar-refractivity contribution in [3.8, 4) is 0 Å². The second-order valence-electron chi connectivity index (χ2n) is 10.5. The Morgan fingerprint density at radius 1 is 1.29 bits per heavy atom. The van der Waals surface area contributed by atoms with Crippen LogP contribution in [0.5, 0.6) is 0 Å². The van der Waals surface area contributed by atoms with E-state index in [0.717, 1.165) is 30.7 Å². The van der Waals surface area contributed by atoms with E-state index in [1.807, 2.05) is 6.07 Å². The molecular weight excluding hydrogens is 509 g/mol. The number of hydrogen-bond acceptors (Lipinski definition) is 8. The second-order valence-corrected chi connectivity index (χ2v) is 12.8. The summed E-state index contributed by atoms with van der Waals surface area (Å²) in [4.78, 5) is 17.5. The third-order valence-corrected chi connectivity index (χ3v) is 8.36. The smallest absolute Gasteiger partial charge is 0.248 e. The average molecular weight is 542 g/mol. The van der Waals surface area contributed by atoms with Gasteiger partial charge in [-0.2, -0.15) is 9.49 Å². The lowest BCUT2D eigenvalue weighted by molar-refractivity contribution is -0.119. The standard InChI is InChI=1S/C26H32FN7O3S/c1-13(28)21(14(2)29)16-6-7-20(31-25(16)27)32-26(35)24-22(15-4-5-15)17-12-18(17)23(33-24)19-8-9-30-34(19)10-11-38(3,36)37/h6-9,15,17,22,24,28,33H,4-5,10-12,29H2,1-3H3,(H,31,32,35)/t17?,22?,24-/m0/s1. The number of aromatic nitrogens is 3. The van der Waals surface area contributed by atoms with Gasteiger partial charge in [-0.15, -0.1) is 0 Å². The summed E-state index contributed by atoms with van der Waals surface area (Å²) in [6.45, 7) is 3.34. The van der Waals surface area contributed by atoms with Crippen molar-refractivity contribution in [2.24, 2.45) is 23.5 Å². The summed E-state index contributed by atoms with van der Waals surface area (Å²) < 4.78 is 40.0. The molecule has 0 spiro atoms. The molecule has 3 heterocycles. The van der Waals surface area contributed by atoms with Gasteiger partial charge < -0.3 is 21.8 Å². The first-order valence-corrected chi connectivity index (χ1v) is 14.7. The molecule has 0 saturated heterocycles. The molecule has 2 aliphatic carbocycles. The van der Waals surface area contributed by atoms with Crippen molar-refractivity contribution >= 4 is 38.5 Å². The number of aryl methyl sites for hydroxylation is 1. The Bertz CT molecular complexity index is 1490. The van der Waals surface area contributed by atoms with E-state index >= 15 is 0 Å². The maximum atomic E-state index is 14.9. The van der Waals surface area contributed by atoms with Crippen LogP contribution in [0.4, 0.5) is 10.2 Å². The zero-order valence-electron chi connectivity index (χ0n) is 21.6. The third-order valence-electron chi connectivity index (χ3n) is 7.43. The number of anilines is 1. The molecule has 10 nitrogen and oxygen atoms in total. The molecule has 3 atom stereocenters. The van der Waals surface area contributed by atoms with Gasteiger partial charge in [-0.05, 0) is 74.6 Å².